The molecule has 0 bridgehead atoms. The molecule has 1 N–H and O–H groups in total. The second-order valence-electron chi connectivity index (χ2n) is 5.13. The second-order valence-corrected chi connectivity index (χ2v) is 5.13. The monoisotopic (exact) mass is 248 g/mol. The minimum atomic E-state index is -0.368. The van der Waals surface area contributed by atoms with Crippen LogP contribution in [0.15, 0.2) is 24.3 Å². The van der Waals surface area contributed by atoms with Gasteiger partial charge in [-0.25, -0.2) is 0 Å². The van der Waals surface area contributed by atoms with Gasteiger partial charge < -0.3 is 10.0 Å². The van der Waals surface area contributed by atoms with Crippen LogP contribution in [0.5, 0.6) is 0 Å². The lowest BCUT2D eigenvalue weighted by Crippen LogP contribution is -2.45. The van der Waals surface area contributed by atoms with Crippen LogP contribution in [0.1, 0.15) is 31.1 Å². The third-order valence-electron chi connectivity index (χ3n) is 3.78. The number of benzene rings is 1. The zero-order valence-electron chi connectivity index (χ0n) is 11.5. The lowest BCUT2D eigenvalue weighted by Gasteiger charge is -2.34. The quantitative estimate of drug-likeness (QED) is 0.881. The van der Waals surface area contributed by atoms with Crippen LogP contribution in [0.2, 0.25) is 0 Å². The molecule has 1 aliphatic heterocycles. The minimum Gasteiger partial charge on any atom is -0.389 e. The summed E-state index contributed by atoms with van der Waals surface area (Å²) in [4.78, 5) is 5.00. The van der Waals surface area contributed by atoms with Crippen LogP contribution in [-0.2, 0) is 6.54 Å². The van der Waals surface area contributed by atoms with Crippen LogP contribution in [0.25, 0.3) is 0 Å². The molecule has 100 valence electrons. The third-order valence-corrected chi connectivity index (χ3v) is 3.78. The number of hydrogen-bond donors (Lipinski definition) is 1. The van der Waals surface area contributed by atoms with Gasteiger partial charge in [0, 0.05) is 32.7 Å². The Morgan fingerprint density at radius 2 is 1.61 bits per heavy atom. The first-order valence-electron chi connectivity index (χ1n) is 6.90. The molecule has 1 unspecified atom stereocenters. The Morgan fingerprint density at radius 1 is 1.06 bits per heavy atom. The number of piperazine rings is 1. The van der Waals surface area contributed by atoms with E-state index in [1.807, 2.05) is 12.1 Å². The summed E-state index contributed by atoms with van der Waals surface area (Å²) >= 11 is 0. The van der Waals surface area contributed by atoms with Gasteiger partial charge in [-0.2, -0.15) is 0 Å². The predicted molar refractivity (Wildman–Crippen MR) is 74.5 cm³/mol. The van der Waals surface area contributed by atoms with Crippen molar-refractivity contribution in [3.05, 3.63) is 35.4 Å². The number of hydrogen-bond acceptors (Lipinski definition) is 3. The summed E-state index contributed by atoms with van der Waals surface area (Å²) in [6, 6.07) is 8.33. The molecule has 1 atom stereocenters. The Labute approximate surface area is 110 Å². The van der Waals surface area contributed by atoms with Crippen molar-refractivity contribution in [2.45, 2.75) is 26.5 Å². The van der Waals surface area contributed by atoms with Crippen molar-refractivity contribution in [1.29, 1.82) is 0 Å². The molecule has 1 aromatic rings. The Hall–Kier alpha value is -0.900. The van der Waals surface area contributed by atoms with Crippen molar-refractivity contribution >= 4 is 0 Å². The van der Waals surface area contributed by atoms with Gasteiger partial charge in [-0.05, 0) is 24.6 Å². The van der Waals surface area contributed by atoms with Crippen LogP contribution in [-0.4, -0.2) is 47.6 Å². The van der Waals surface area contributed by atoms with Gasteiger partial charge in [-0.3, -0.25) is 4.90 Å². The molecule has 0 saturated carbocycles. The Kier molecular flexibility index (Phi) is 4.75. The summed E-state index contributed by atoms with van der Waals surface area (Å²) in [5, 5.41) is 9.48. The van der Waals surface area contributed by atoms with E-state index in [1.54, 1.807) is 6.92 Å². The normalized spacial score (nSPS) is 19.9. The first-order chi connectivity index (χ1) is 8.69. The van der Waals surface area contributed by atoms with Crippen molar-refractivity contribution < 1.29 is 5.11 Å². The lowest BCUT2D eigenvalue weighted by atomic mass is 10.1. The Bertz CT molecular complexity index is 353. The van der Waals surface area contributed by atoms with E-state index in [-0.39, 0.29) is 6.10 Å². The first-order valence-corrected chi connectivity index (χ1v) is 6.90. The second kappa shape index (κ2) is 6.32. The molecule has 1 fully saturated rings. The van der Waals surface area contributed by atoms with Crippen molar-refractivity contribution in [2.75, 3.05) is 32.7 Å². The molecule has 3 heteroatoms. The molecular weight excluding hydrogens is 224 g/mol. The average Bonchev–Trinajstić information content (AvgIpc) is 2.40. The zero-order chi connectivity index (χ0) is 13.0. The molecule has 0 aliphatic carbocycles. The summed E-state index contributed by atoms with van der Waals surface area (Å²) in [5.74, 6) is 0. The molecule has 0 amide bonds. The minimum absolute atomic E-state index is 0.368. The predicted octanol–water partition coefficient (Wildman–Crippen LogP) is 1.88. The molecule has 1 heterocycles. The van der Waals surface area contributed by atoms with E-state index in [2.05, 4.69) is 28.9 Å². The Morgan fingerprint density at radius 3 is 2.11 bits per heavy atom. The van der Waals surface area contributed by atoms with Crippen molar-refractivity contribution in [3.8, 4) is 0 Å². The zero-order valence-corrected chi connectivity index (χ0v) is 11.5. The smallest absolute Gasteiger partial charge is 0.0761 e. The third kappa shape index (κ3) is 3.55. The standard InChI is InChI=1S/C15H24N2O/c1-3-16-8-10-17(11-9-16)12-14-4-6-15(7-5-14)13(2)18/h4-7,13,18H,3,8-12H2,1-2H3. The van der Waals surface area contributed by atoms with Gasteiger partial charge in [0.05, 0.1) is 6.10 Å². The van der Waals surface area contributed by atoms with E-state index in [0.29, 0.717) is 0 Å². The summed E-state index contributed by atoms with van der Waals surface area (Å²) < 4.78 is 0. The molecule has 0 aromatic heterocycles. The highest BCUT2D eigenvalue weighted by Gasteiger charge is 2.15. The number of rotatable bonds is 4. The number of aliphatic hydroxyl groups excluding tert-OH is 1. The molecule has 1 saturated heterocycles. The lowest BCUT2D eigenvalue weighted by molar-refractivity contribution is 0.132. The maximum Gasteiger partial charge on any atom is 0.0761 e. The van der Waals surface area contributed by atoms with E-state index in [4.69, 9.17) is 0 Å². The molecule has 2 rings (SSSR count). The van der Waals surface area contributed by atoms with Gasteiger partial charge in [0.1, 0.15) is 0 Å². The molecule has 1 aromatic carbocycles. The number of likely N-dealkylation sites (N-methyl/N-ethyl adjacent to an activating group) is 1. The number of nitrogens with zero attached hydrogens (tertiary/aromatic N) is 2. The average molecular weight is 248 g/mol. The highest BCUT2D eigenvalue weighted by atomic mass is 16.3. The molecule has 1 aliphatic rings. The van der Waals surface area contributed by atoms with E-state index >= 15 is 0 Å². The topological polar surface area (TPSA) is 26.7 Å². The number of aliphatic hydroxyl groups is 1. The van der Waals surface area contributed by atoms with E-state index < -0.39 is 0 Å². The molecule has 18 heavy (non-hydrogen) atoms. The van der Waals surface area contributed by atoms with Gasteiger partial charge in [0.25, 0.3) is 0 Å². The maximum atomic E-state index is 9.48. The molecule has 0 radical (unpaired) electrons. The fourth-order valence-electron chi connectivity index (χ4n) is 2.42. The summed E-state index contributed by atoms with van der Waals surface area (Å²) in [6.07, 6.45) is -0.368. The van der Waals surface area contributed by atoms with Gasteiger partial charge in [0.15, 0.2) is 0 Å². The van der Waals surface area contributed by atoms with Crippen molar-refractivity contribution in [1.82, 2.24) is 9.80 Å². The highest BCUT2D eigenvalue weighted by Crippen LogP contribution is 2.14. The fraction of sp³-hybridized carbons (Fsp3) is 0.600. The van der Waals surface area contributed by atoms with E-state index in [0.717, 1.165) is 31.7 Å². The van der Waals surface area contributed by atoms with Crippen molar-refractivity contribution in [2.24, 2.45) is 0 Å². The molecule has 0 spiro atoms. The van der Waals surface area contributed by atoms with Crippen LogP contribution in [0, 0.1) is 0 Å². The fourth-order valence-corrected chi connectivity index (χ4v) is 2.42. The van der Waals surface area contributed by atoms with E-state index in [1.165, 1.54) is 18.7 Å². The summed E-state index contributed by atoms with van der Waals surface area (Å²) in [7, 11) is 0. The van der Waals surface area contributed by atoms with Crippen molar-refractivity contribution in [3.63, 3.8) is 0 Å². The van der Waals surface area contributed by atoms with Gasteiger partial charge in [0.2, 0.25) is 0 Å². The van der Waals surface area contributed by atoms with Gasteiger partial charge >= 0.3 is 0 Å². The molecular formula is C15H24N2O. The largest absolute Gasteiger partial charge is 0.389 e. The van der Waals surface area contributed by atoms with E-state index in [9.17, 15) is 5.11 Å². The summed E-state index contributed by atoms with van der Waals surface area (Å²) in [5.41, 5.74) is 2.33. The van der Waals surface area contributed by atoms with Crippen LogP contribution < -0.4 is 0 Å². The van der Waals surface area contributed by atoms with Gasteiger partial charge in [-0.1, -0.05) is 31.2 Å². The highest BCUT2D eigenvalue weighted by molar-refractivity contribution is 5.23. The van der Waals surface area contributed by atoms with Gasteiger partial charge in [-0.15, -0.1) is 0 Å². The SMILES string of the molecule is CCN1CCN(Cc2ccc(C(C)O)cc2)CC1. The van der Waals surface area contributed by atoms with Crippen LogP contribution in [0.4, 0.5) is 0 Å². The summed E-state index contributed by atoms with van der Waals surface area (Å²) in [6.45, 7) is 10.9. The van der Waals surface area contributed by atoms with Crippen LogP contribution >= 0.6 is 0 Å². The maximum absolute atomic E-state index is 9.48. The Balaban J connectivity index is 1.86. The first kappa shape index (κ1) is 13.5. The molecule has 3 nitrogen and oxygen atoms in total. The van der Waals surface area contributed by atoms with Crippen LogP contribution in [0.3, 0.4) is 0 Å².